The van der Waals surface area contributed by atoms with Crippen LogP contribution in [0.1, 0.15) is 6.42 Å². The van der Waals surface area contributed by atoms with Gasteiger partial charge in [0, 0.05) is 6.61 Å². The summed E-state index contributed by atoms with van der Waals surface area (Å²) in [5.41, 5.74) is 5.31. The summed E-state index contributed by atoms with van der Waals surface area (Å²) in [5.74, 6) is 0. The molecule has 0 spiro atoms. The first kappa shape index (κ1) is 10.9. The van der Waals surface area contributed by atoms with Crippen LogP contribution < -0.4 is 5.73 Å². The van der Waals surface area contributed by atoms with Gasteiger partial charge < -0.3 is 15.0 Å². The van der Waals surface area contributed by atoms with E-state index >= 15 is 0 Å². The molecule has 0 aliphatic carbocycles. The lowest BCUT2D eigenvalue weighted by atomic mass is 10.5. The van der Waals surface area contributed by atoms with Crippen molar-refractivity contribution in [1.82, 2.24) is 0 Å². The number of hydrogen-bond donors (Lipinski definition) is 1. The first-order valence-corrected chi connectivity index (χ1v) is 4.14. The molecule has 0 rings (SSSR count). The minimum absolute atomic E-state index is 0.727. The first-order valence-electron chi connectivity index (χ1n) is 4.14. The van der Waals surface area contributed by atoms with Gasteiger partial charge >= 0.3 is 0 Å². The van der Waals surface area contributed by atoms with E-state index < -0.39 is 0 Å². The Bertz CT molecular complexity index is 88.6. The monoisotopic (exact) mass is 161 g/mol. The number of quaternary nitrogens is 1. The fourth-order valence-corrected chi connectivity index (χ4v) is 0.626. The van der Waals surface area contributed by atoms with Gasteiger partial charge in [-0.3, -0.25) is 0 Å². The van der Waals surface area contributed by atoms with Crippen LogP contribution in [-0.4, -0.2) is 51.9 Å². The maximum absolute atomic E-state index is 5.35. The van der Waals surface area contributed by atoms with Crippen LogP contribution in [0, 0.1) is 0 Å². The van der Waals surface area contributed by atoms with Gasteiger partial charge in [0.15, 0.2) is 0 Å². The van der Waals surface area contributed by atoms with E-state index in [0.29, 0.717) is 0 Å². The highest BCUT2D eigenvalue weighted by Crippen LogP contribution is 1.89. The third-order valence-electron chi connectivity index (χ3n) is 1.40. The number of rotatable bonds is 6. The van der Waals surface area contributed by atoms with Gasteiger partial charge in [0.2, 0.25) is 0 Å². The smallest absolute Gasteiger partial charge is 0.102 e. The Kier molecular flexibility index (Phi) is 5.46. The Balaban J connectivity index is 3.02. The minimum Gasteiger partial charge on any atom is -0.376 e. The Morgan fingerprint density at radius 2 is 1.82 bits per heavy atom. The summed E-state index contributed by atoms with van der Waals surface area (Å²) in [7, 11) is 6.48. The molecule has 0 aromatic carbocycles. The van der Waals surface area contributed by atoms with Crippen molar-refractivity contribution in [3.63, 3.8) is 0 Å². The third-order valence-corrected chi connectivity index (χ3v) is 1.40. The minimum atomic E-state index is 0.727. The van der Waals surface area contributed by atoms with E-state index in [9.17, 15) is 0 Å². The average Bonchev–Trinajstić information content (AvgIpc) is 1.85. The Hall–Kier alpha value is -0.120. The van der Waals surface area contributed by atoms with Crippen molar-refractivity contribution in [2.24, 2.45) is 5.73 Å². The van der Waals surface area contributed by atoms with Gasteiger partial charge in [0.05, 0.1) is 27.7 Å². The first-order chi connectivity index (χ1) is 5.06. The third kappa shape index (κ3) is 9.88. The van der Waals surface area contributed by atoms with E-state index in [-0.39, 0.29) is 0 Å². The molecule has 0 amide bonds. The molecular formula is C8H21N2O+. The molecule has 11 heavy (non-hydrogen) atoms. The molecule has 0 aliphatic rings. The zero-order chi connectivity index (χ0) is 8.74. The largest absolute Gasteiger partial charge is 0.376 e. The van der Waals surface area contributed by atoms with Crippen molar-refractivity contribution in [3.05, 3.63) is 0 Å². The van der Waals surface area contributed by atoms with Crippen molar-refractivity contribution >= 4 is 0 Å². The predicted molar refractivity (Wildman–Crippen MR) is 47.4 cm³/mol. The summed E-state index contributed by atoms with van der Waals surface area (Å²) < 4.78 is 6.32. The fraction of sp³-hybridized carbons (Fsp3) is 1.00. The van der Waals surface area contributed by atoms with E-state index in [1.165, 1.54) is 0 Å². The van der Waals surface area contributed by atoms with Gasteiger partial charge in [-0.05, 0) is 13.0 Å². The molecule has 0 fully saturated rings. The zero-order valence-corrected chi connectivity index (χ0v) is 7.97. The number of nitrogens with two attached hydrogens (primary N) is 1. The molecule has 0 saturated carbocycles. The lowest BCUT2D eigenvalue weighted by Gasteiger charge is -2.23. The van der Waals surface area contributed by atoms with E-state index in [4.69, 9.17) is 10.5 Å². The predicted octanol–water partition coefficient (Wildman–Crippen LogP) is 0.0580. The lowest BCUT2D eigenvalue weighted by Crippen LogP contribution is -2.37. The number of hydrogen-bond acceptors (Lipinski definition) is 2. The molecule has 3 heteroatoms. The van der Waals surface area contributed by atoms with Crippen LogP contribution in [0.5, 0.6) is 0 Å². The molecule has 0 unspecified atom stereocenters. The molecule has 0 aromatic heterocycles. The standard InChI is InChI=1S/C8H21N2O/c1-10(2,3)6-8-11-7-4-5-9/h4-9H2,1-3H3/q+1. The molecule has 2 N–H and O–H groups in total. The molecule has 68 valence electrons. The lowest BCUT2D eigenvalue weighted by molar-refractivity contribution is -0.870. The van der Waals surface area contributed by atoms with E-state index in [1.54, 1.807) is 0 Å². The molecule has 0 atom stereocenters. The summed E-state index contributed by atoms with van der Waals surface area (Å²) in [5, 5.41) is 0. The quantitative estimate of drug-likeness (QED) is 0.441. The van der Waals surface area contributed by atoms with Crippen LogP contribution in [0.4, 0.5) is 0 Å². The second kappa shape index (κ2) is 5.52. The fourth-order valence-electron chi connectivity index (χ4n) is 0.626. The molecule has 0 bridgehead atoms. The Morgan fingerprint density at radius 3 is 2.27 bits per heavy atom. The SMILES string of the molecule is C[N+](C)(C)CCOCCCN. The molecule has 0 heterocycles. The number of nitrogens with zero attached hydrogens (tertiary/aromatic N) is 1. The molecule has 0 aliphatic heterocycles. The van der Waals surface area contributed by atoms with Gasteiger partial charge in [0.1, 0.15) is 6.54 Å². The summed E-state index contributed by atoms with van der Waals surface area (Å²) in [6.07, 6.45) is 0.969. The van der Waals surface area contributed by atoms with Gasteiger partial charge in [0.25, 0.3) is 0 Å². The van der Waals surface area contributed by atoms with Crippen molar-refractivity contribution in [2.45, 2.75) is 6.42 Å². The average molecular weight is 161 g/mol. The van der Waals surface area contributed by atoms with Crippen LogP contribution >= 0.6 is 0 Å². The summed E-state index contributed by atoms with van der Waals surface area (Å²) in [4.78, 5) is 0. The summed E-state index contributed by atoms with van der Waals surface area (Å²) in [6.45, 7) is 3.43. The maximum Gasteiger partial charge on any atom is 0.102 e. The van der Waals surface area contributed by atoms with Gasteiger partial charge in [-0.15, -0.1) is 0 Å². The van der Waals surface area contributed by atoms with E-state index in [0.717, 1.165) is 37.2 Å². The van der Waals surface area contributed by atoms with Crippen LogP contribution in [-0.2, 0) is 4.74 Å². The molecule has 3 nitrogen and oxygen atoms in total. The van der Waals surface area contributed by atoms with Crippen molar-refractivity contribution < 1.29 is 9.22 Å². The van der Waals surface area contributed by atoms with E-state index in [2.05, 4.69) is 21.1 Å². The Labute approximate surface area is 69.7 Å². The molecule has 0 aromatic rings. The van der Waals surface area contributed by atoms with Crippen LogP contribution in [0.15, 0.2) is 0 Å². The van der Waals surface area contributed by atoms with Crippen LogP contribution in [0.2, 0.25) is 0 Å². The van der Waals surface area contributed by atoms with Crippen molar-refractivity contribution in [3.8, 4) is 0 Å². The zero-order valence-electron chi connectivity index (χ0n) is 7.97. The Morgan fingerprint density at radius 1 is 1.18 bits per heavy atom. The summed E-state index contributed by atoms with van der Waals surface area (Å²) in [6, 6.07) is 0. The highest BCUT2D eigenvalue weighted by Gasteiger charge is 2.04. The number of ether oxygens (including phenoxy) is 1. The molecule has 0 radical (unpaired) electrons. The van der Waals surface area contributed by atoms with Crippen molar-refractivity contribution in [2.75, 3.05) is 47.4 Å². The van der Waals surface area contributed by atoms with Gasteiger partial charge in [-0.1, -0.05) is 0 Å². The normalized spacial score (nSPS) is 12.0. The van der Waals surface area contributed by atoms with E-state index in [1.807, 2.05) is 0 Å². The number of likely N-dealkylation sites (N-methyl/N-ethyl adjacent to an activating group) is 1. The van der Waals surface area contributed by atoms with Crippen LogP contribution in [0.3, 0.4) is 0 Å². The molecular weight excluding hydrogens is 140 g/mol. The van der Waals surface area contributed by atoms with Crippen LogP contribution in [0.25, 0.3) is 0 Å². The topological polar surface area (TPSA) is 35.2 Å². The summed E-state index contributed by atoms with van der Waals surface area (Å²) >= 11 is 0. The second-order valence-corrected chi connectivity index (χ2v) is 3.77. The molecule has 0 saturated heterocycles. The van der Waals surface area contributed by atoms with Crippen molar-refractivity contribution in [1.29, 1.82) is 0 Å². The van der Waals surface area contributed by atoms with Gasteiger partial charge in [-0.25, -0.2) is 0 Å². The second-order valence-electron chi connectivity index (χ2n) is 3.77. The highest BCUT2D eigenvalue weighted by atomic mass is 16.5. The highest BCUT2D eigenvalue weighted by molar-refractivity contribution is 4.35. The van der Waals surface area contributed by atoms with Gasteiger partial charge in [-0.2, -0.15) is 0 Å². The maximum atomic E-state index is 5.35.